The van der Waals surface area contributed by atoms with Gasteiger partial charge in [0.05, 0.1) is 5.69 Å². The predicted molar refractivity (Wildman–Crippen MR) is 118 cm³/mol. The maximum Gasteiger partial charge on any atom is 0.325 e. The lowest BCUT2D eigenvalue weighted by atomic mass is 9.91. The zero-order valence-electron chi connectivity index (χ0n) is 17.6. The Bertz CT molecular complexity index is 1040. The van der Waals surface area contributed by atoms with Gasteiger partial charge in [0.2, 0.25) is 5.91 Å². The Balaban J connectivity index is 1.78. The van der Waals surface area contributed by atoms with Crippen molar-refractivity contribution in [2.24, 2.45) is 5.92 Å². The highest BCUT2D eigenvalue weighted by Gasteiger charge is 2.48. The van der Waals surface area contributed by atoms with Crippen LogP contribution in [0.15, 0.2) is 48.5 Å². The first-order valence-electron chi connectivity index (χ1n) is 9.94. The third-order valence-corrected chi connectivity index (χ3v) is 5.23. The van der Waals surface area contributed by atoms with Crippen LogP contribution in [0.5, 0.6) is 0 Å². The van der Waals surface area contributed by atoms with Crippen molar-refractivity contribution in [3.05, 3.63) is 64.7 Å². The number of carbonyl (C=O) groups excluding carboxylic acids is 4. The molecule has 2 aromatic carbocycles. The number of carbonyl (C=O) groups is 4. The largest absolute Gasteiger partial charge is 0.325 e. The van der Waals surface area contributed by atoms with Crippen LogP contribution in [-0.4, -0.2) is 40.6 Å². The molecule has 2 N–H and O–H groups in total. The van der Waals surface area contributed by atoms with Gasteiger partial charge in [-0.3, -0.25) is 19.3 Å². The number of imide groups is 1. The van der Waals surface area contributed by atoms with Crippen molar-refractivity contribution in [1.82, 2.24) is 10.2 Å². The Morgan fingerprint density at radius 3 is 2.45 bits per heavy atom. The van der Waals surface area contributed by atoms with Crippen molar-refractivity contribution in [2.45, 2.75) is 32.7 Å². The Morgan fingerprint density at radius 1 is 1.13 bits per heavy atom. The molecule has 1 aliphatic rings. The van der Waals surface area contributed by atoms with Crippen LogP contribution in [0.4, 0.5) is 10.5 Å². The number of rotatable bonds is 7. The highest BCUT2D eigenvalue weighted by atomic mass is 35.5. The molecule has 0 radical (unpaired) electrons. The average Bonchev–Trinajstić information content (AvgIpc) is 2.91. The van der Waals surface area contributed by atoms with Crippen molar-refractivity contribution in [2.75, 3.05) is 11.9 Å². The molecule has 0 spiro atoms. The monoisotopic (exact) mass is 441 g/mol. The molecule has 0 bridgehead atoms. The lowest BCUT2D eigenvalue weighted by molar-refractivity contribution is -0.133. The number of anilines is 1. The maximum absolute atomic E-state index is 12.9. The van der Waals surface area contributed by atoms with E-state index in [9.17, 15) is 19.2 Å². The van der Waals surface area contributed by atoms with Gasteiger partial charge in [-0.2, -0.15) is 0 Å². The van der Waals surface area contributed by atoms with E-state index in [2.05, 4.69) is 10.6 Å². The first-order chi connectivity index (χ1) is 14.6. The lowest BCUT2D eigenvalue weighted by Crippen LogP contribution is -2.45. The first kappa shape index (κ1) is 22.5. The Kier molecular flexibility index (Phi) is 6.45. The second kappa shape index (κ2) is 8.89. The van der Waals surface area contributed by atoms with Gasteiger partial charge in [0.15, 0.2) is 5.78 Å². The fourth-order valence-electron chi connectivity index (χ4n) is 3.74. The molecule has 1 atom stereocenters. The number of benzene rings is 2. The molecule has 31 heavy (non-hydrogen) atoms. The molecule has 3 rings (SSSR count). The van der Waals surface area contributed by atoms with Crippen LogP contribution >= 0.6 is 11.6 Å². The van der Waals surface area contributed by atoms with E-state index in [0.29, 0.717) is 17.0 Å². The van der Waals surface area contributed by atoms with E-state index in [4.69, 9.17) is 11.6 Å². The van der Waals surface area contributed by atoms with Gasteiger partial charge in [0.25, 0.3) is 5.91 Å². The molecular formula is C23H24ClN3O4. The van der Waals surface area contributed by atoms with Crippen LogP contribution in [-0.2, 0) is 9.59 Å². The number of amides is 4. The minimum Gasteiger partial charge on any atom is -0.324 e. The summed E-state index contributed by atoms with van der Waals surface area (Å²) in [6, 6.07) is 12.5. The van der Waals surface area contributed by atoms with Crippen molar-refractivity contribution in [3.63, 3.8) is 0 Å². The van der Waals surface area contributed by atoms with Gasteiger partial charge in [0, 0.05) is 16.1 Å². The fourth-order valence-corrected chi connectivity index (χ4v) is 3.91. The Morgan fingerprint density at radius 2 is 1.81 bits per heavy atom. The summed E-state index contributed by atoms with van der Waals surface area (Å²) in [6.07, 6.45) is 0.461. The maximum atomic E-state index is 12.9. The summed E-state index contributed by atoms with van der Waals surface area (Å²) in [4.78, 5) is 51.5. The number of urea groups is 1. The molecule has 1 aliphatic heterocycles. The van der Waals surface area contributed by atoms with E-state index in [1.165, 1.54) is 12.1 Å². The topological polar surface area (TPSA) is 95.6 Å². The molecule has 4 amide bonds. The third-order valence-electron chi connectivity index (χ3n) is 5.00. The molecule has 7 nitrogen and oxygen atoms in total. The molecule has 162 valence electrons. The van der Waals surface area contributed by atoms with E-state index in [0.717, 1.165) is 4.90 Å². The van der Waals surface area contributed by atoms with E-state index in [1.807, 2.05) is 13.8 Å². The van der Waals surface area contributed by atoms with Crippen LogP contribution in [0, 0.1) is 5.92 Å². The zero-order chi connectivity index (χ0) is 22.8. The summed E-state index contributed by atoms with van der Waals surface area (Å²) in [5.41, 5.74) is -0.131. The summed E-state index contributed by atoms with van der Waals surface area (Å²) in [6.45, 7) is 5.10. The van der Waals surface area contributed by atoms with Gasteiger partial charge in [0.1, 0.15) is 12.1 Å². The fraction of sp³-hybridized carbons (Fsp3) is 0.304. The molecule has 1 fully saturated rings. The average molecular weight is 442 g/mol. The summed E-state index contributed by atoms with van der Waals surface area (Å²) < 4.78 is 0. The summed E-state index contributed by atoms with van der Waals surface area (Å²) in [5, 5.41) is 5.65. The Labute approximate surface area is 185 Å². The van der Waals surface area contributed by atoms with E-state index in [1.54, 1.807) is 43.3 Å². The second-order valence-electron chi connectivity index (χ2n) is 8.18. The highest BCUT2D eigenvalue weighted by Crippen LogP contribution is 2.26. The van der Waals surface area contributed by atoms with Gasteiger partial charge in [-0.25, -0.2) is 4.79 Å². The molecule has 1 saturated heterocycles. The van der Waals surface area contributed by atoms with Gasteiger partial charge in [-0.05, 0) is 37.5 Å². The molecular weight excluding hydrogens is 418 g/mol. The van der Waals surface area contributed by atoms with Gasteiger partial charge >= 0.3 is 6.03 Å². The Hall–Kier alpha value is -3.19. The number of hydrogen-bond acceptors (Lipinski definition) is 4. The molecule has 0 aliphatic carbocycles. The molecule has 0 saturated carbocycles. The normalized spacial score (nSPS) is 18.3. The number of ketones is 1. The number of halogens is 1. The predicted octanol–water partition coefficient (Wildman–Crippen LogP) is 3.87. The summed E-state index contributed by atoms with van der Waals surface area (Å²) in [5.74, 6) is -1.17. The molecule has 2 aromatic rings. The molecule has 1 heterocycles. The number of nitrogens with one attached hydrogen (secondary N) is 2. The van der Waals surface area contributed by atoms with Crippen molar-refractivity contribution in [1.29, 1.82) is 0 Å². The van der Waals surface area contributed by atoms with Crippen LogP contribution in [0.2, 0.25) is 5.02 Å². The summed E-state index contributed by atoms with van der Waals surface area (Å²) >= 11 is 6.06. The van der Waals surface area contributed by atoms with Crippen LogP contribution < -0.4 is 10.6 Å². The number of hydrogen-bond donors (Lipinski definition) is 2. The van der Waals surface area contributed by atoms with Crippen LogP contribution in [0.25, 0.3) is 0 Å². The van der Waals surface area contributed by atoms with Gasteiger partial charge < -0.3 is 10.6 Å². The number of nitrogens with zero attached hydrogens (tertiary/aromatic N) is 1. The zero-order valence-corrected chi connectivity index (χ0v) is 18.3. The first-order valence-corrected chi connectivity index (χ1v) is 10.3. The van der Waals surface area contributed by atoms with Crippen molar-refractivity contribution >= 4 is 40.9 Å². The van der Waals surface area contributed by atoms with E-state index in [-0.39, 0.29) is 23.0 Å². The standard InChI is InChI=1S/C23H24ClN3O4/c1-14(2)12-23(3)21(30)27(22(31)26-23)13-19(28)25-18-10-9-16(24)11-17(18)20(29)15-7-5-4-6-8-15/h4-11,14H,12-13H2,1-3H3,(H,25,28)(H,26,31)/t23-/m0/s1. The van der Waals surface area contributed by atoms with E-state index < -0.39 is 29.9 Å². The van der Waals surface area contributed by atoms with Gasteiger partial charge in [-0.15, -0.1) is 0 Å². The highest BCUT2D eigenvalue weighted by molar-refractivity contribution is 6.31. The smallest absolute Gasteiger partial charge is 0.324 e. The molecule has 8 heteroatoms. The van der Waals surface area contributed by atoms with Crippen molar-refractivity contribution < 1.29 is 19.2 Å². The SMILES string of the molecule is CC(C)C[C@]1(C)NC(=O)N(CC(=O)Nc2ccc(Cl)cc2C(=O)c2ccccc2)C1=O. The third kappa shape index (κ3) is 4.94. The minimum atomic E-state index is -1.04. The van der Waals surface area contributed by atoms with Crippen LogP contribution in [0.1, 0.15) is 43.1 Å². The quantitative estimate of drug-likeness (QED) is 0.503. The van der Waals surface area contributed by atoms with Gasteiger partial charge in [-0.1, -0.05) is 55.8 Å². The second-order valence-corrected chi connectivity index (χ2v) is 8.62. The van der Waals surface area contributed by atoms with Crippen molar-refractivity contribution in [3.8, 4) is 0 Å². The van der Waals surface area contributed by atoms with E-state index >= 15 is 0 Å². The molecule has 0 unspecified atom stereocenters. The summed E-state index contributed by atoms with van der Waals surface area (Å²) in [7, 11) is 0. The molecule has 0 aromatic heterocycles. The minimum absolute atomic E-state index is 0.184. The lowest BCUT2D eigenvalue weighted by Gasteiger charge is -2.23. The van der Waals surface area contributed by atoms with Crippen LogP contribution in [0.3, 0.4) is 0 Å².